The summed E-state index contributed by atoms with van der Waals surface area (Å²) in [6, 6.07) is 10.4. The Kier molecular flexibility index (Phi) is 6.23. The monoisotopic (exact) mass is 456 g/mol. The molecular formula is C23H28N4O4S. The van der Waals surface area contributed by atoms with E-state index < -0.39 is 9.84 Å². The molecule has 1 N–H and O–H groups in total. The van der Waals surface area contributed by atoms with Gasteiger partial charge in [-0.2, -0.15) is 0 Å². The SMILES string of the molecule is COc1ccc(S(=O)(=O)c2cnc3ccc(C)cc3c2NN2CCN(C)CC2)cc1OC. The lowest BCUT2D eigenvalue weighted by Gasteiger charge is -2.33. The van der Waals surface area contributed by atoms with Crippen LogP contribution in [0.2, 0.25) is 0 Å². The Bertz CT molecular complexity index is 1240. The minimum Gasteiger partial charge on any atom is -0.493 e. The van der Waals surface area contributed by atoms with Gasteiger partial charge in [-0.1, -0.05) is 11.6 Å². The minimum absolute atomic E-state index is 0.116. The van der Waals surface area contributed by atoms with Gasteiger partial charge in [-0.3, -0.25) is 4.98 Å². The molecule has 0 saturated carbocycles. The number of hydrogen-bond acceptors (Lipinski definition) is 8. The average Bonchev–Trinajstić information content (AvgIpc) is 2.80. The summed E-state index contributed by atoms with van der Waals surface area (Å²) in [5, 5.41) is 2.83. The van der Waals surface area contributed by atoms with E-state index in [1.54, 1.807) is 6.07 Å². The highest BCUT2D eigenvalue weighted by molar-refractivity contribution is 7.91. The van der Waals surface area contributed by atoms with E-state index >= 15 is 0 Å². The fourth-order valence-corrected chi connectivity index (χ4v) is 5.17. The van der Waals surface area contributed by atoms with Crippen LogP contribution in [0.5, 0.6) is 11.5 Å². The predicted octanol–water partition coefficient (Wildman–Crippen LogP) is 2.97. The summed E-state index contributed by atoms with van der Waals surface area (Å²) in [5.74, 6) is 0.821. The smallest absolute Gasteiger partial charge is 0.210 e. The molecule has 0 unspecified atom stereocenters. The molecule has 2 heterocycles. The van der Waals surface area contributed by atoms with Gasteiger partial charge in [0.25, 0.3) is 0 Å². The molecular weight excluding hydrogens is 428 g/mol. The number of hydrazine groups is 1. The molecule has 3 aromatic rings. The zero-order valence-corrected chi connectivity index (χ0v) is 19.6. The highest BCUT2D eigenvalue weighted by Gasteiger charge is 2.27. The third-order valence-corrected chi connectivity index (χ3v) is 7.48. The van der Waals surface area contributed by atoms with Gasteiger partial charge in [-0.05, 0) is 38.2 Å². The lowest BCUT2D eigenvalue weighted by atomic mass is 10.1. The first-order valence-electron chi connectivity index (χ1n) is 10.4. The lowest BCUT2D eigenvalue weighted by Crippen LogP contribution is -2.47. The van der Waals surface area contributed by atoms with E-state index in [2.05, 4.69) is 27.4 Å². The number of piperazine rings is 1. The predicted molar refractivity (Wildman–Crippen MR) is 124 cm³/mol. The van der Waals surface area contributed by atoms with Gasteiger partial charge in [-0.25, -0.2) is 13.4 Å². The Morgan fingerprint density at radius 2 is 1.69 bits per heavy atom. The summed E-state index contributed by atoms with van der Waals surface area (Å²) in [6.45, 7) is 5.33. The number of sulfone groups is 1. The summed E-state index contributed by atoms with van der Waals surface area (Å²) in [6.07, 6.45) is 1.43. The number of nitrogens with zero attached hydrogens (tertiary/aromatic N) is 3. The van der Waals surface area contributed by atoms with Crippen molar-refractivity contribution in [2.24, 2.45) is 0 Å². The Balaban J connectivity index is 1.86. The molecule has 1 aromatic heterocycles. The maximum absolute atomic E-state index is 13.7. The first kappa shape index (κ1) is 22.3. The second-order valence-electron chi connectivity index (χ2n) is 7.94. The molecule has 9 heteroatoms. The van der Waals surface area contributed by atoms with Crippen molar-refractivity contribution in [1.29, 1.82) is 0 Å². The van der Waals surface area contributed by atoms with Crippen molar-refractivity contribution >= 4 is 26.4 Å². The van der Waals surface area contributed by atoms with E-state index in [4.69, 9.17) is 9.47 Å². The molecule has 4 rings (SSSR count). The number of rotatable bonds is 6. The van der Waals surface area contributed by atoms with Crippen LogP contribution >= 0.6 is 0 Å². The summed E-state index contributed by atoms with van der Waals surface area (Å²) in [4.78, 5) is 6.94. The highest BCUT2D eigenvalue weighted by Crippen LogP contribution is 2.37. The van der Waals surface area contributed by atoms with E-state index in [1.807, 2.05) is 25.1 Å². The Labute approximate surface area is 188 Å². The summed E-state index contributed by atoms with van der Waals surface area (Å²) < 4.78 is 38.1. The van der Waals surface area contributed by atoms with Gasteiger partial charge >= 0.3 is 0 Å². The number of benzene rings is 2. The normalized spacial score (nSPS) is 15.6. The molecule has 32 heavy (non-hydrogen) atoms. The quantitative estimate of drug-likeness (QED) is 0.606. The lowest BCUT2D eigenvalue weighted by molar-refractivity contribution is 0.179. The van der Waals surface area contributed by atoms with Crippen LogP contribution in [-0.4, -0.2) is 70.8 Å². The van der Waals surface area contributed by atoms with Crippen molar-refractivity contribution < 1.29 is 17.9 Å². The molecule has 0 bridgehead atoms. The van der Waals surface area contributed by atoms with Crippen molar-refractivity contribution in [2.45, 2.75) is 16.7 Å². The number of ether oxygens (including phenoxy) is 2. The van der Waals surface area contributed by atoms with E-state index in [0.717, 1.165) is 42.6 Å². The molecule has 1 aliphatic rings. The van der Waals surface area contributed by atoms with Crippen molar-refractivity contribution in [2.75, 3.05) is 52.9 Å². The second kappa shape index (κ2) is 8.93. The van der Waals surface area contributed by atoms with Crippen LogP contribution in [-0.2, 0) is 9.84 Å². The number of anilines is 1. The maximum atomic E-state index is 13.7. The number of pyridine rings is 1. The summed E-state index contributed by atoms with van der Waals surface area (Å²) >= 11 is 0. The van der Waals surface area contributed by atoms with Crippen LogP contribution in [0.3, 0.4) is 0 Å². The number of fused-ring (bicyclic) bond motifs is 1. The molecule has 0 atom stereocenters. The molecule has 1 aliphatic heterocycles. The number of likely N-dealkylation sites (N-methyl/N-ethyl adjacent to an activating group) is 1. The molecule has 0 spiro atoms. The average molecular weight is 457 g/mol. The van der Waals surface area contributed by atoms with Crippen molar-refractivity contribution in [3.05, 3.63) is 48.2 Å². The van der Waals surface area contributed by atoms with Gasteiger partial charge in [0, 0.05) is 43.8 Å². The Morgan fingerprint density at radius 3 is 2.38 bits per heavy atom. The van der Waals surface area contributed by atoms with Gasteiger partial charge in [-0.15, -0.1) is 0 Å². The van der Waals surface area contributed by atoms with E-state index in [9.17, 15) is 8.42 Å². The van der Waals surface area contributed by atoms with Crippen molar-refractivity contribution in [3.8, 4) is 11.5 Å². The zero-order valence-electron chi connectivity index (χ0n) is 18.8. The van der Waals surface area contributed by atoms with Gasteiger partial charge in [0.2, 0.25) is 9.84 Å². The number of hydrogen-bond donors (Lipinski definition) is 1. The number of nitrogens with one attached hydrogen (secondary N) is 1. The van der Waals surface area contributed by atoms with E-state index in [1.165, 1.54) is 32.5 Å². The van der Waals surface area contributed by atoms with Gasteiger partial charge in [0.1, 0.15) is 4.90 Å². The van der Waals surface area contributed by atoms with Crippen LogP contribution in [0.1, 0.15) is 5.56 Å². The molecule has 2 aromatic carbocycles. The number of aryl methyl sites for hydroxylation is 1. The third kappa shape index (κ3) is 4.23. The van der Waals surface area contributed by atoms with E-state index in [0.29, 0.717) is 17.2 Å². The van der Waals surface area contributed by atoms with Gasteiger partial charge < -0.3 is 19.8 Å². The van der Waals surface area contributed by atoms with Crippen LogP contribution in [0.25, 0.3) is 10.9 Å². The molecule has 0 radical (unpaired) electrons. The summed E-state index contributed by atoms with van der Waals surface area (Å²) in [7, 11) is 1.18. The molecule has 170 valence electrons. The Hall–Kier alpha value is -2.88. The van der Waals surface area contributed by atoms with E-state index in [-0.39, 0.29) is 9.79 Å². The maximum Gasteiger partial charge on any atom is 0.210 e. The van der Waals surface area contributed by atoms with Crippen LogP contribution in [0, 0.1) is 6.92 Å². The second-order valence-corrected chi connectivity index (χ2v) is 9.86. The van der Waals surface area contributed by atoms with Crippen molar-refractivity contribution in [3.63, 3.8) is 0 Å². The van der Waals surface area contributed by atoms with Crippen LogP contribution < -0.4 is 14.9 Å². The molecule has 8 nitrogen and oxygen atoms in total. The van der Waals surface area contributed by atoms with Crippen LogP contribution in [0.15, 0.2) is 52.4 Å². The van der Waals surface area contributed by atoms with Gasteiger partial charge in [0.15, 0.2) is 11.5 Å². The largest absolute Gasteiger partial charge is 0.493 e. The Morgan fingerprint density at radius 1 is 0.969 bits per heavy atom. The minimum atomic E-state index is -3.89. The zero-order chi connectivity index (χ0) is 22.9. The van der Waals surface area contributed by atoms with Gasteiger partial charge in [0.05, 0.1) is 30.3 Å². The fraction of sp³-hybridized carbons (Fsp3) is 0.348. The number of methoxy groups -OCH3 is 2. The molecule has 0 aliphatic carbocycles. The summed E-state index contributed by atoms with van der Waals surface area (Å²) in [5.41, 5.74) is 5.70. The van der Waals surface area contributed by atoms with Crippen LogP contribution in [0.4, 0.5) is 5.69 Å². The first-order chi connectivity index (χ1) is 15.3. The molecule has 1 fully saturated rings. The fourth-order valence-electron chi connectivity index (χ4n) is 3.79. The molecule has 1 saturated heterocycles. The third-order valence-electron chi connectivity index (χ3n) is 5.72. The van der Waals surface area contributed by atoms with Crippen molar-refractivity contribution in [1.82, 2.24) is 14.9 Å². The highest BCUT2D eigenvalue weighted by atomic mass is 32.2. The first-order valence-corrected chi connectivity index (χ1v) is 11.9. The standard InChI is InChI=1S/C23H28N4O4S/c1-16-5-7-19-18(13-16)23(25-27-11-9-26(2)10-12-27)22(15-24-19)32(28,29)17-6-8-20(30-3)21(14-17)31-4/h5-8,13-15H,9-12H2,1-4H3,(H,24,25). The number of aromatic nitrogens is 1. The molecule has 0 amide bonds. The topological polar surface area (TPSA) is 84.0 Å².